The topological polar surface area (TPSA) is 37.8 Å². The van der Waals surface area contributed by atoms with Gasteiger partial charge in [0.15, 0.2) is 0 Å². The fourth-order valence-electron chi connectivity index (χ4n) is 1.09. The summed E-state index contributed by atoms with van der Waals surface area (Å²) in [5.41, 5.74) is 0.995. The Balaban J connectivity index is 2.30. The Morgan fingerprint density at radius 1 is 1.27 bits per heavy atom. The molecule has 0 bridgehead atoms. The molecule has 0 spiro atoms. The fraction of sp³-hybridized carbons (Fsp3) is 0. The van der Waals surface area contributed by atoms with E-state index in [1.165, 1.54) is 6.33 Å². The Hall–Kier alpha value is -0.690. The van der Waals surface area contributed by atoms with Gasteiger partial charge in [0.25, 0.3) is 0 Å². The van der Waals surface area contributed by atoms with Crippen molar-refractivity contribution in [1.29, 1.82) is 0 Å². The highest BCUT2D eigenvalue weighted by Gasteiger charge is 2.03. The molecule has 1 aromatic heterocycles. The van der Waals surface area contributed by atoms with E-state index in [0.29, 0.717) is 0 Å². The second-order valence-corrected chi connectivity index (χ2v) is 4.84. The average molecular weight is 376 g/mol. The summed E-state index contributed by atoms with van der Waals surface area (Å²) in [6.07, 6.45) is 3.30. The normalized spacial score (nSPS) is 10.0. The summed E-state index contributed by atoms with van der Waals surface area (Å²) in [5, 5.41) is 3.23. The predicted molar refractivity (Wildman–Crippen MR) is 72.2 cm³/mol. The second kappa shape index (κ2) is 4.89. The summed E-state index contributed by atoms with van der Waals surface area (Å²) in [7, 11) is 0. The van der Waals surface area contributed by atoms with Crippen molar-refractivity contribution in [3.8, 4) is 0 Å². The molecule has 0 unspecified atom stereocenters. The van der Waals surface area contributed by atoms with Gasteiger partial charge in [-0.15, -0.1) is 0 Å². The minimum atomic E-state index is 0.817. The summed E-state index contributed by atoms with van der Waals surface area (Å²) in [6.45, 7) is 0. The number of hydrogen-bond donors (Lipinski definition) is 1. The Morgan fingerprint density at radius 3 is 2.80 bits per heavy atom. The predicted octanol–water partition coefficient (Wildman–Crippen LogP) is 3.59. The number of aromatic nitrogens is 2. The Morgan fingerprint density at radius 2 is 2.07 bits per heavy atom. The maximum Gasteiger partial charge on any atom is 0.147 e. The molecule has 15 heavy (non-hydrogen) atoms. The van der Waals surface area contributed by atoms with Gasteiger partial charge in [-0.1, -0.05) is 12.1 Å². The van der Waals surface area contributed by atoms with Crippen LogP contribution < -0.4 is 5.32 Å². The average Bonchev–Trinajstić information content (AvgIpc) is 2.24. The van der Waals surface area contributed by atoms with Crippen LogP contribution in [0.5, 0.6) is 0 Å². The molecule has 0 saturated carbocycles. The standard InChI is InChI=1S/C10H7BrIN3/c11-7-3-1-2-4-9(7)15-10-8(12)5-13-6-14-10/h1-6H,(H,13,14,15). The molecule has 1 N–H and O–H groups in total. The van der Waals surface area contributed by atoms with Crippen LogP contribution in [-0.4, -0.2) is 9.97 Å². The number of halogens is 2. The van der Waals surface area contributed by atoms with Crippen molar-refractivity contribution < 1.29 is 0 Å². The van der Waals surface area contributed by atoms with E-state index in [1.807, 2.05) is 24.3 Å². The Labute approximate surface area is 110 Å². The summed E-state index contributed by atoms with van der Waals surface area (Å²) >= 11 is 5.67. The lowest BCUT2D eigenvalue weighted by Gasteiger charge is -2.08. The number of nitrogens with zero attached hydrogens (tertiary/aromatic N) is 2. The van der Waals surface area contributed by atoms with Crippen LogP contribution in [0.1, 0.15) is 0 Å². The lowest BCUT2D eigenvalue weighted by molar-refractivity contribution is 1.15. The maximum absolute atomic E-state index is 4.16. The zero-order valence-electron chi connectivity index (χ0n) is 7.61. The summed E-state index contributed by atoms with van der Waals surface area (Å²) in [6, 6.07) is 7.92. The highest BCUT2D eigenvalue weighted by atomic mass is 127. The van der Waals surface area contributed by atoms with E-state index < -0.39 is 0 Å². The third-order valence-corrected chi connectivity index (χ3v) is 3.28. The van der Waals surface area contributed by atoms with E-state index >= 15 is 0 Å². The number of rotatable bonds is 2. The van der Waals surface area contributed by atoms with E-state index in [4.69, 9.17) is 0 Å². The molecule has 5 heteroatoms. The van der Waals surface area contributed by atoms with E-state index in [0.717, 1.165) is 19.5 Å². The number of para-hydroxylation sites is 1. The molecule has 0 atom stereocenters. The Bertz CT molecular complexity index is 432. The van der Waals surface area contributed by atoms with Gasteiger partial charge in [-0.25, -0.2) is 9.97 Å². The zero-order chi connectivity index (χ0) is 10.7. The SMILES string of the molecule is Brc1ccccc1Nc1ncncc1I. The van der Waals surface area contributed by atoms with Gasteiger partial charge < -0.3 is 5.32 Å². The van der Waals surface area contributed by atoms with Crippen molar-refractivity contribution in [2.45, 2.75) is 0 Å². The van der Waals surface area contributed by atoms with Crippen LogP contribution in [0.25, 0.3) is 0 Å². The summed E-state index contributed by atoms with van der Waals surface area (Å²) in [4.78, 5) is 8.10. The zero-order valence-corrected chi connectivity index (χ0v) is 11.4. The third kappa shape index (κ3) is 2.66. The number of nitrogens with one attached hydrogen (secondary N) is 1. The largest absolute Gasteiger partial charge is 0.338 e. The van der Waals surface area contributed by atoms with Gasteiger partial charge in [0.05, 0.1) is 9.26 Å². The number of anilines is 2. The third-order valence-electron chi connectivity index (χ3n) is 1.79. The first-order valence-corrected chi connectivity index (χ1v) is 6.11. The number of benzene rings is 1. The molecule has 0 aliphatic carbocycles. The van der Waals surface area contributed by atoms with Gasteiger partial charge in [0.2, 0.25) is 0 Å². The molecule has 0 amide bonds. The monoisotopic (exact) mass is 375 g/mol. The molecule has 76 valence electrons. The van der Waals surface area contributed by atoms with Crippen LogP contribution in [0.3, 0.4) is 0 Å². The van der Waals surface area contributed by atoms with Gasteiger partial charge in [-0.3, -0.25) is 0 Å². The maximum atomic E-state index is 4.16. The van der Waals surface area contributed by atoms with Crippen molar-refractivity contribution in [3.05, 3.63) is 44.8 Å². The van der Waals surface area contributed by atoms with E-state index in [2.05, 4.69) is 53.8 Å². The minimum absolute atomic E-state index is 0.817. The summed E-state index contributed by atoms with van der Waals surface area (Å²) in [5.74, 6) is 0.817. The van der Waals surface area contributed by atoms with Crippen LogP contribution in [-0.2, 0) is 0 Å². The molecule has 0 aliphatic heterocycles. The van der Waals surface area contributed by atoms with Gasteiger partial charge in [0.1, 0.15) is 12.1 Å². The molecule has 0 fully saturated rings. The van der Waals surface area contributed by atoms with Crippen molar-refractivity contribution in [1.82, 2.24) is 9.97 Å². The van der Waals surface area contributed by atoms with Crippen molar-refractivity contribution >= 4 is 50.0 Å². The van der Waals surface area contributed by atoms with Crippen molar-refractivity contribution in [3.63, 3.8) is 0 Å². The highest BCUT2D eigenvalue weighted by molar-refractivity contribution is 14.1. The fourth-order valence-corrected chi connectivity index (χ4v) is 1.91. The first-order valence-electron chi connectivity index (χ1n) is 4.24. The lowest BCUT2D eigenvalue weighted by Crippen LogP contribution is -1.97. The van der Waals surface area contributed by atoms with Gasteiger partial charge in [-0.05, 0) is 50.7 Å². The van der Waals surface area contributed by atoms with E-state index in [1.54, 1.807) is 6.20 Å². The quantitative estimate of drug-likeness (QED) is 0.815. The smallest absolute Gasteiger partial charge is 0.147 e. The van der Waals surface area contributed by atoms with Crippen LogP contribution in [0.4, 0.5) is 11.5 Å². The van der Waals surface area contributed by atoms with Crippen molar-refractivity contribution in [2.75, 3.05) is 5.32 Å². The van der Waals surface area contributed by atoms with Gasteiger partial charge in [0, 0.05) is 10.7 Å². The molecular formula is C10H7BrIN3. The number of hydrogen-bond acceptors (Lipinski definition) is 3. The van der Waals surface area contributed by atoms with E-state index in [-0.39, 0.29) is 0 Å². The molecule has 2 rings (SSSR count). The van der Waals surface area contributed by atoms with Gasteiger partial charge >= 0.3 is 0 Å². The first-order chi connectivity index (χ1) is 7.27. The molecule has 1 heterocycles. The second-order valence-electron chi connectivity index (χ2n) is 2.82. The molecular weight excluding hydrogens is 369 g/mol. The highest BCUT2D eigenvalue weighted by Crippen LogP contribution is 2.25. The molecule has 0 saturated heterocycles. The Kier molecular flexibility index (Phi) is 3.53. The van der Waals surface area contributed by atoms with Gasteiger partial charge in [-0.2, -0.15) is 0 Å². The molecule has 0 aliphatic rings. The van der Waals surface area contributed by atoms with Crippen LogP contribution in [0, 0.1) is 3.57 Å². The van der Waals surface area contributed by atoms with Crippen molar-refractivity contribution in [2.24, 2.45) is 0 Å². The minimum Gasteiger partial charge on any atom is -0.338 e. The molecule has 0 radical (unpaired) electrons. The first kappa shape index (κ1) is 10.8. The lowest BCUT2D eigenvalue weighted by atomic mass is 10.3. The molecule has 1 aromatic carbocycles. The summed E-state index contributed by atoms with van der Waals surface area (Å²) < 4.78 is 2.00. The molecule has 3 nitrogen and oxygen atoms in total. The van der Waals surface area contributed by atoms with E-state index in [9.17, 15) is 0 Å². The van der Waals surface area contributed by atoms with Crippen LogP contribution in [0.2, 0.25) is 0 Å². The van der Waals surface area contributed by atoms with Crippen LogP contribution >= 0.6 is 38.5 Å². The van der Waals surface area contributed by atoms with Crippen LogP contribution in [0.15, 0.2) is 41.3 Å². The molecule has 2 aromatic rings.